The van der Waals surface area contributed by atoms with Crippen molar-refractivity contribution in [3.63, 3.8) is 0 Å². The van der Waals surface area contributed by atoms with Crippen molar-refractivity contribution >= 4 is 6.03 Å². The smallest absolute Gasteiger partial charge is 0.317 e. The van der Waals surface area contributed by atoms with Gasteiger partial charge < -0.3 is 19.9 Å². The fourth-order valence-corrected chi connectivity index (χ4v) is 3.15. The van der Waals surface area contributed by atoms with Crippen molar-refractivity contribution in [3.8, 4) is 5.75 Å². The quantitative estimate of drug-likeness (QED) is 0.877. The van der Waals surface area contributed by atoms with Crippen LogP contribution in [0, 0.1) is 5.41 Å². The lowest BCUT2D eigenvalue weighted by molar-refractivity contribution is 0.111. The average molecular weight is 319 g/mol. The molecule has 1 fully saturated rings. The number of carbonyl (C=O) groups excluding carboxylic acids is 1. The van der Waals surface area contributed by atoms with Crippen LogP contribution in [0.5, 0.6) is 5.75 Å². The zero-order valence-electron chi connectivity index (χ0n) is 14.9. The first kappa shape index (κ1) is 17.6. The van der Waals surface area contributed by atoms with Gasteiger partial charge in [-0.2, -0.15) is 0 Å². The van der Waals surface area contributed by atoms with Gasteiger partial charge in [0.2, 0.25) is 0 Å². The van der Waals surface area contributed by atoms with Gasteiger partial charge in [-0.25, -0.2) is 4.79 Å². The molecule has 1 saturated heterocycles. The lowest BCUT2D eigenvalue weighted by Crippen LogP contribution is -2.52. The third-order valence-corrected chi connectivity index (χ3v) is 4.22. The van der Waals surface area contributed by atoms with Gasteiger partial charge >= 0.3 is 6.03 Å². The monoisotopic (exact) mass is 319 g/mol. The maximum Gasteiger partial charge on any atom is 0.317 e. The van der Waals surface area contributed by atoms with Crippen LogP contribution in [0.3, 0.4) is 0 Å². The Labute approximate surface area is 139 Å². The summed E-state index contributed by atoms with van der Waals surface area (Å²) >= 11 is 0. The van der Waals surface area contributed by atoms with Gasteiger partial charge in [0.1, 0.15) is 5.75 Å². The fourth-order valence-electron chi connectivity index (χ4n) is 3.15. The van der Waals surface area contributed by atoms with Crippen molar-refractivity contribution in [2.24, 2.45) is 5.41 Å². The van der Waals surface area contributed by atoms with Gasteiger partial charge in [-0.05, 0) is 43.6 Å². The summed E-state index contributed by atoms with van der Waals surface area (Å²) in [6.07, 6.45) is 1.00. The molecule has 0 aliphatic carbocycles. The van der Waals surface area contributed by atoms with Crippen LogP contribution in [-0.4, -0.2) is 56.7 Å². The summed E-state index contributed by atoms with van der Waals surface area (Å²) < 4.78 is 5.27. The Morgan fingerprint density at radius 2 is 2.17 bits per heavy atom. The van der Waals surface area contributed by atoms with E-state index in [-0.39, 0.29) is 17.5 Å². The minimum atomic E-state index is 0.0240. The second-order valence-electron chi connectivity index (χ2n) is 7.34. The average Bonchev–Trinajstić information content (AvgIpc) is 2.43. The number of rotatable bonds is 6. The van der Waals surface area contributed by atoms with Crippen molar-refractivity contribution in [1.82, 2.24) is 15.1 Å². The van der Waals surface area contributed by atoms with E-state index in [0.717, 1.165) is 30.8 Å². The number of hydrogen-bond donors (Lipinski definition) is 1. The molecular weight excluding hydrogens is 290 g/mol. The topological polar surface area (TPSA) is 44.8 Å². The number of methoxy groups -OCH3 is 1. The van der Waals surface area contributed by atoms with E-state index < -0.39 is 0 Å². The second-order valence-corrected chi connectivity index (χ2v) is 7.34. The lowest BCUT2D eigenvalue weighted by atomic mass is 9.92. The molecule has 2 rings (SSSR count). The Hall–Kier alpha value is -1.75. The molecule has 5 heteroatoms. The molecule has 1 heterocycles. The summed E-state index contributed by atoms with van der Waals surface area (Å²) in [5.41, 5.74) is 1.19. The van der Waals surface area contributed by atoms with Gasteiger partial charge in [-0.15, -0.1) is 0 Å². The number of hydrogen-bond acceptors (Lipinski definition) is 3. The Balaban J connectivity index is 1.92. The predicted octanol–water partition coefficient (Wildman–Crippen LogP) is 2.74. The zero-order valence-corrected chi connectivity index (χ0v) is 14.9. The van der Waals surface area contributed by atoms with Crippen LogP contribution in [0.15, 0.2) is 24.3 Å². The molecule has 1 N–H and O–H groups in total. The summed E-state index contributed by atoms with van der Waals surface area (Å²) in [5, 5.41) is 3.09. The van der Waals surface area contributed by atoms with Gasteiger partial charge in [0, 0.05) is 19.6 Å². The number of nitrogens with one attached hydrogen (secondary N) is 1. The Morgan fingerprint density at radius 3 is 2.74 bits per heavy atom. The Morgan fingerprint density at radius 1 is 1.43 bits per heavy atom. The third kappa shape index (κ3) is 4.61. The molecule has 0 spiro atoms. The van der Waals surface area contributed by atoms with Crippen LogP contribution < -0.4 is 10.1 Å². The van der Waals surface area contributed by atoms with E-state index in [9.17, 15) is 4.79 Å². The molecule has 1 aliphatic heterocycles. The van der Waals surface area contributed by atoms with E-state index in [2.05, 4.69) is 44.2 Å². The van der Waals surface area contributed by atoms with Crippen LogP contribution in [0.1, 0.15) is 31.9 Å². The normalized spacial score (nSPS) is 17.8. The lowest BCUT2D eigenvalue weighted by Gasteiger charge is -2.42. The molecule has 1 aliphatic rings. The number of nitrogens with zero attached hydrogens (tertiary/aromatic N) is 2. The third-order valence-electron chi connectivity index (χ3n) is 4.22. The molecule has 23 heavy (non-hydrogen) atoms. The number of urea groups is 1. The van der Waals surface area contributed by atoms with Gasteiger partial charge in [0.25, 0.3) is 0 Å². The molecule has 0 aromatic heterocycles. The molecule has 2 amide bonds. The van der Waals surface area contributed by atoms with Crippen molar-refractivity contribution in [3.05, 3.63) is 29.8 Å². The summed E-state index contributed by atoms with van der Waals surface area (Å²) in [4.78, 5) is 16.5. The SMILES string of the molecule is COc1cccc(C2CCN2C(=O)NCC(C)(C)CN(C)C)c1. The number of likely N-dealkylation sites (tertiary alicyclic amines) is 1. The van der Waals surface area contributed by atoms with Gasteiger partial charge in [-0.1, -0.05) is 26.0 Å². The molecule has 128 valence electrons. The van der Waals surface area contributed by atoms with Gasteiger partial charge in [0.05, 0.1) is 13.2 Å². The van der Waals surface area contributed by atoms with Crippen LogP contribution >= 0.6 is 0 Å². The Bertz CT molecular complexity index is 543. The molecule has 5 nitrogen and oxygen atoms in total. The molecule has 1 aromatic carbocycles. The minimum Gasteiger partial charge on any atom is -0.497 e. The van der Waals surface area contributed by atoms with Crippen LogP contribution in [0.2, 0.25) is 0 Å². The molecule has 0 saturated carbocycles. The van der Waals surface area contributed by atoms with E-state index in [1.807, 2.05) is 23.1 Å². The molecule has 1 atom stereocenters. The molecule has 0 bridgehead atoms. The molecule has 0 radical (unpaired) electrons. The maximum absolute atomic E-state index is 12.5. The van der Waals surface area contributed by atoms with E-state index in [4.69, 9.17) is 4.74 Å². The highest BCUT2D eigenvalue weighted by atomic mass is 16.5. The fraction of sp³-hybridized carbons (Fsp3) is 0.611. The highest BCUT2D eigenvalue weighted by molar-refractivity contribution is 5.75. The Kier molecular flexibility index (Phi) is 5.52. The molecule has 1 aromatic rings. The second kappa shape index (κ2) is 7.21. The predicted molar refractivity (Wildman–Crippen MR) is 92.8 cm³/mol. The summed E-state index contributed by atoms with van der Waals surface area (Å²) in [6, 6.07) is 8.15. The highest BCUT2D eigenvalue weighted by Crippen LogP contribution is 2.34. The summed E-state index contributed by atoms with van der Waals surface area (Å²) in [5.74, 6) is 0.835. The van der Waals surface area contributed by atoms with Crippen LogP contribution in [0.4, 0.5) is 4.79 Å². The van der Waals surface area contributed by atoms with E-state index >= 15 is 0 Å². The van der Waals surface area contributed by atoms with Crippen molar-refractivity contribution in [2.75, 3.05) is 40.8 Å². The first-order valence-electron chi connectivity index (χ1n) is 8.15. The number of ether oxygens (including phenoxy) is 1. The molecule has 1 unspecified atom stereocenters. The summed E-state index contributed by atoms with van der Waals surface area (Å²) in [7, 11) is 5.77. The van der Waals surface area contributed by atoms with Crippen molar-refractivity contribution < 1.29 is 9.53 Å². The largest absolute Gasteiger partial charge is 0.497 e. The number of benzene rings is 1. The first-order chi connectivity index (χ1) is 10.8. The number of carbonyl (C=O) groups is 1. The van der Waals surface area contributed by atoms with E-state index in [0.29, 0.717) is 6.54 Å². The maximum atomic E-state index is 12.5. The van der Waals surface area contributed by atoms with Gasteiger partial charge in [0.15, 0.2) is 0 Å². The van der Waals surface area contributed by atoms with Gasteiger partial charge in [-0.3, -0.25) is 0 Å². The van der Waals surface area contributed by atoms with E-state index in [1.165, 1.54) is 0 Å². The minimum absolute atomic E-state index is 0.0240. The summed E-state index contributed by atoms with van der Waals surface area (Å²) in [6.45, 7) is 6.76. The zero-order chi connectivity index (χ0) is 17.0. The van der Waals surface area contributed by atoms with Crippen LogP contribution in [0.25, 0.3) is 0 Å². The highest BCUT2D eigenvalue weighted by Gasteiger charge is 2.34. The molecular formula is C18H29N3O2. The van der Waals surface area contributed by atoms with Crippen molar-refractivity contribution in [2.45, 2.75) is 26.3 Å². The first-order valence-corrected chi connectivity index (χ1v) is 8.15. The van der Waals surface area contributed by atoms with E-state index in [1.54, 1.807) is 7.11 Å². The number of amides is 2. The van der Waals surface area contributed by atoms with Crippen molar-refractivity contribution in [1.29, 1.82) is 0 Å². The van der Waals surface area contributed by atoms with Crippen LogP contribution in [-0.2, 0) is 0 Å². The standard InChI is InChI=1S/C18H29N3O2/c1-18(2,13-20(3)4)12-19-17(22)21-10-9-16(21)14-7-6-8-15(11-14)23-5/h6-8,11,16H,9-10,12-13H2,1-5H3,(H,19,22).